The van der Waals surface area contributed by atoms with E-state index >= 15 is 0 Å². The first-order valence-electron chi connectivity index (χ1n) is 20.6. The van der Waals surface area contributed by atoms with Gasteiger partial charge in [-0.05, 0) is 25.7 Å². The fraction of sp³-hybridized carbons (Fsp3) is 0.721. The van der Waals surface area contributed by atoms with Crippen molar-refractivity contribution in [1.82, 2.24) is 0 Å². The van der Waals surface area contributed by atoms with Gasteiger partial charge in [-0.25, -0.2) is 0 Å². The Labute approximate surface area is 324 Å². The molecule has 0 rings (SSSR count). The molecular formula is C43H76NO8P. The summed E-state index contributed by atoms with van der Waals surface area (Å²) in [6.45, 7) is 3.98. The van der Waals surface area contributed by atoms with Crippen LogP contribution in [-0.4, -0.2) is 70.0 Å². The van der Waals surface area contributed by atoms with Gasteiger partial charge in [-0.15, -0.1) is 0 Å². The maximum absolute atomic E-state index is 12.6. The van der Waals surface area contributed by atoms with Crippen LogP contribution < -0.4 is 4.89 Å². The highest BCUT2D eigenvalue weighted by Gasteiger charge is 2.21. The lowest BCUT2D eigenvalue weighted by atomic mass is 10.0. The van der Waals surface area contributed by atoms with Gasteiger partial charge in [0.05, 0.1) is 27.7 Å². The predicted octanol–water partition coefficient (Wildman–Crippen LogP) is 10.7. The zero-order valence-electron chi connectivity index (χ0n) is 34.2. The molecule has 53 heavy (non-hydrogen) atoms. The van der Waals surface area contributed by atoms with Gasteiger partial charge in [0.1, 0.15) is 19.8 Å². The number of hydrogen-bond donors (Lipinski definition) is 0. The molecule has 0 aliphatic carbocycles. The van der Waals surface area contributed by atoms with Crippen molar-refractivity contribution in [2.45, 2.75) is 155 Å². The van der Waals surface area contributed by atoms with Gasteiger partial charge in [0.2, 0.25) is 0 Å². The third-order valence-corrected chi connectivity index (χ3v) is 9.39. The highest BCUT2D eigenvalue weighted by molar-refractivity contribution is 7.45. The van der Waals surface area contributed by atoms with E-state index in [0.717, 1.165) is 25.7 Å². The molecule has 0 aromatic heterocycles. The molecule has 0 saturated carbocycles. The van der Waals surface area contributed by atoms with Gasteiger partial charge < -0.3 is 27.9 Å². The van der Waals surface area contributed by atoms with E-state index in [-0.39, 0.29) is 26.1 Å². The second-order valence-corrected chi connectivity index (χ2v) is 16.2. The normalized spacial score (nSPS) is 14.3. The average molecular weight is 766 g/mol. The van der Waals surface area contributed by atoms with Crippen LogP contribution in [0.5, 0.6) is 0 Å². The first-order valence-corrected chi connectivity index (χ1v) is 22.0. The third-order valence-electron chi connectivity index (χ3n) is 8.43. The van der Waals surface area contributed by atoms with Crippen molar-refractivity contribution in [3.8, 4) is 0 Å². The first kappa shape index (κ1) is 50.7. The highest BCUT2D eigenvalue weighted by Crippen LogP contribution is 2.38. The number of unbranched alkanes of at least 4 members (excludes halogenated alkanes) is 16. The van der Waals surface area contributed by atoms with Crippen LogP contribution in [0.25, 0.3) is 0 Å². The number of esters is 2. The molecule has 306 valence electrons. The molecule has 2 atom stereocenters. The number of carbonyl (C=O) groups is 2. The van der Waals surface area contributed by atoms with Crippen LogP contribution in [-0.2, 0) is 32.7 Å². The van der Waals surface area contributed by atoms with Gasteiger partial charge >= 0.3 is 11.9 Å². The zero-order valence-corrected chi connectivity index (χ0v) is 35.1. The third kappa shape index (κ3) is 39.2. The number of phosphoric acid groups is 1. The van der Waals surface area contributed by atoms with Crippen LogP contribution in [0.1, 0.15) is 149 Å². The molecule has 0 radical (unpaired) electrons. The molecular weight excluding hydrogens is 689 g/mol. The monoisotopic (exact) mass is 766 g/mol. The Morgan fingerprint density at radius 2 is 1.08 bits per heavy atom. The maximum atomic E-state index is 12.6. The molecule has 0 N–H and O–H groups in total. The second-order valence-electron chi connectivity index (χ2n) is 14.7. The first-order chi connectivity index (χ1) is 25.5. The summed E-state index contributed by atoms with van der Waals surface area (Å²) < 4.78 is 33.7. The molecule has 0 bridgehead atoms. The number of carbonyl (C=O) groups excluding carboxylic acids is 2. The topological polar surface area (TPSA) is 111 Å². The molecule has 0 aromatic rings. The largest absolute Gasteiger partial charge is 0.756 e. The lowest BCUT2D eigenvalue weighted by Crippen LogP contribution is -2.37. The van der Waals surface area contributed by atoms with E-state index in [0.29, 0.717) is 23.9 Å². The van der Waals surface area contributed by atoms with Crippen LogP contribution in [0, 0.1) is 0 Å². The second kappa shape index (κ2) is 35.4. The fourth-order valence-corrected chi connectivity index (χ4v) is 5.94. The molecule has 0 heterocycles. The SMILES string of the molecule is CC/C=C/C=C/C=C/C=C/C=C/CCCC(=O)OC(COC(=O)CCCCCCCCCCCCCCCCCC)COP(=O)([O-])OCC[N+](C)(C)C. The maximum Gasteiger partial charge on any atom is 0.306 e. The average Bonchev–Trinajstić information content (AvgIpc) is 3.10. The van der Waals surface area contributed by atoms with Crippen LogP contribution in [0.2, 0.25) is 0 Å². The molecule has 2 unspecified atom stereocenters. The minimum atomic E-state index is -4.64. The van der Waals surface area contributed by atoms with E-state index in [1.165, 1.54) is 83.5 Å². The van der Waals surface area contributed by atoms with Crippen LogP contribution in [0.15, 0.2) is 60.8 Å². The molecule has 0 aromatic carbocycles. The molecule has 0 fully saturated rings. The summed E-state index contributed by atoms with van der Waals surface area (Å²) in [6, 6.07) is 0. The van der Waals surface area contributed by atoms with E-state index < -0.39 is 32.5 Å². The van der Waals surface area contributed by atoms with Crippen LogP contribution in [0.4, 0.5) is 0 Å². The van der Waals surface area contributed by atoms with E-state index in [1.807, 2.05) is 75.8 Å². The Hall–Kier alpha value is -2.29. The summed E-state index contributed by atoms with van der Waals surface area (Å²) in [6.07, 6.45) is 41.2. The van der Waals surface area contributed by atoms with Crippen molar-refractivity contribution in [2.75, 3.05) is 47.5 Å². The number of quaternary nitrogens is 1. The summed E-state index contributed by atoms with van der Waals surface area (Å²) in [5, 5.41) is 0. The predicted molar refractivity (Wildman–Crippen MR) is 217 cm³/mol. The van der Waals surface area contributed by atoms with Crippen molar-refractivity contribution in [3.63, 3.8) is 0 Å². The summed E-state index contributed by atoms with van der Waals surface area (Å²) in [5.74, 6) is -0.923. The van der Waals surface area contributed by atoms with Gasteiger partial charge in [-0.3, -0.25) is 14.2 Å². The Bertz CT molecular complexity index is 1090. The van der Waals surface area contributed by atoms with Crippen molar-refractivity contribution in [3.05, 3.63) is 60.8 Å². The molecule has 0 spiro atoms. The van der Waals surface area contributed by atoms with Crippen molar-refractivity contribution >= 4 is 19.8 Å². The Balaban J connectivity index is 4.48. The Morgan fingerprint density at radius 3 is 1.58 bits per heavy atom. The number of nitrogens with zero attached hydrogens (tertiary/aromatic N) is 1. The minimum absolute atomic E-state index is 0.0459. The van der Waals surface area contributed by atoms with Gasteiger partial charge in [-0.2, -0.15) is 0 Å². The standard InChI is InChI=1S/C43H76NO8P/c1-6-8-10-12-14-16-18-20-21-22-24-25-27-29-31-33-35-42(45)49-39-41(40-51-53(47,48)50-38-37-44(3,4)5)52-43(46)36-34-32-30-28-26-23-19-17-15-13-11-9-7-2/h9,11,13,15,17,19,23,26,28,30,41H,6-8,10,12,14,16,18,20-22,24-25,27,29,31-40H2,1-5H3/b11-9+,15-13+,19-17+,26-23+,30-28+. The van der Waals surface area contributed by atoms with E-state index in [1.54, 1.807) is 0 Å². The minimum Gasteiger partial charge on any atom is -0.756 e. The molecule has 10 heteroatoms. The number of rotatable bonds is 36. The van der Waals surface area contributed by atoms with Gasteiger partial charge in [0, 0.05) is 12.8 Å². The summed E-state index contributed by atoms with van der Waals surface area (Å²) >= 11 is 0. The van der Waals surface area contributed by atoms with E-state index in [2.05, 4.69) is 19.9 Å². The van der Waals surface area contributed by atoms with Crippen LogP contribution in [0.3, 0.4) is 0 Å². The van der Waals surface area contributed by atoms with Crippen molar-refractivity contribution in [1.29, 1.82) is 0 Å². The number of hydrogen-bond acceptors (Lipinski definition) is 8. The lowest BCUT2D eigenvalue weighted by molar-refractivity contribution is -0.870. The molecule has 0 aliphatic heterocycles. The summed E-state index contributed by atoms with van der Waals surface area (Å²) in [7, 11) is 1.11. The summed E-state index contributed by atoms with van der Waals surface area (Å²) in [4.78, 5) is 37.4. The number of phosphoric ester groups is 1. The van der Waals surface area contributed by atoms with Crippen molar-refractivity contribution in [2.24, 2.45) is 0 Å². The molecule has 9 nitrogen and oxygen atoms in total. The number of allylic oxidation sites excluding steroid dienone is 10. The van der Waals surface area contributed by atoms with E-state index in [9.17, 15) is 19.0 Å². The van der Waals surface area contributed by atoms with Gasteiger partial charge in [0.25, 0.3) is 7.82 Å². The number of ether oxygens (including phenoxy) is 2. The molecule has 0 aliphatic rings. The molecule has 0 saturated heterocycles. The lowest BCUT2D eigenvalue weighted by Gasteiger charge is -2.28. The van der Waals surface area contributed by atoms with Crippen molar-refractivity contribution < 1.29 is 42.1 Å². The summed E-state index contributed by atoms with van der Waals surface area (Å²) in [5.41, 5.74) is 0. The zero-order chi connectivity index (χ0) is 39.3. The fourth-order valence-electron chi connectivity index (χ4n) is 5.21. The molecule has 0 amide bonds. The highest BCUT2D eigenvalue weighted by atomic mass is 31.2. The van der Waals surface area contributed by atoms with E-state index in [4.69, 9.17) is 18.5 Å². The smallest absolute Gasteiger partial charge is 0.306 e. The van der Waals surface area contributed by atoms with Gasteiger partial charge in [-0.1, -0.05) is 171 Å². The quantitative estimate of drug-likeness (QED) is 0.0204. The Morgan fingerprint density at radius 1 is 0.604 bits per heavy atom. The van der Waals surface area contributed by atoms with Gasteiger partial charge in [0.15, 0.2) is 6.10 Å². The Kier molecular flexibility index (Phi) is 33.9. The number of likely N-dealkylation sites (N-methyl/N-ethyl adjacent to an activating group) is 1. The van der Waals surface area contributed by atoms with Crippen LogP contribution >= 0.6 is 7.82 Å².